The summed E-state index contributed by atoms with van der Waals surface area (Å²) in [5.74, 6) is -1.54. The van der Waals surface area contributed by atoms with Crippen molar-refractivity contribution in [2.75, 3.05) is 211 Å². The van der Waals surface area contributed by atoms with Gasteiger partial charge in [0.1, 0.15) is 73.1 Å². The number of rotatable bonds is 65. The maximum absolute atomic E-state index is 12.6. The van der Waals surface area contributed by atoms with Crippen molar-refractivity contribution in [2.45, 2.75) is 166 Å². The van der Waals surface area contributed by atoms with Crippen molar-refractivity contribution in [2.24, 2.45) is 10.8 Å². The van der Waals surface area contributed by atoms with Crippen LogP contribution >= 0.6 is 23.5 Å². The van der Waals surface area contributed by atoms with Crippen LogP contribution in [0.1, 0.15) is 73.6 Å². The Bertz CT molecular complexity index is 2320. The van der Waals surface area contributed by atoms with E-state index < -0.39 is 178 Å². The van der Waals surface area contributed by atoms with Crippen molar-refractivity contribution in [1.29, 1.82) is 0 Å². The Morgan fingerprint density at radius 1 is 0.339 bits per heavy atom. The number of nitrogens with one attached hydrogen (secondary N) is 3. The third kappa shape index (κ3) is 44.0. The molecule has 18 atom stereocenters. The first kappa shape index (κ1) is 101. The van der Waals surface area contributed by atoms with E-state index in [9.17, 15) is 88.7 Å². The monoisotopic (exact) mass is 1650 g/mol. The van der Waals surface area contributed by atoms with E-state index in [1.807, 2.05) is 0 Å². The fourth-order valence-corrected chi connectivity index (χ4v) is 12.5. The molecule has 3 rings (SSSR count). The average molecular weight is 1650 g/mol. The lowest BCUT2D eigenvalue weighted by atomic mass is 9.90. The molecule has 0 spiro atoms. The van der Waals surface area contributed by atoms with Crippen LogP contribution in [0, 0.1) is 10.8 Å². The van der Waals surface area contributed by atoms with Crippen molar-refractivity contribution >= 4 is 41.2 Å². The first-order valence-electron chi connectivity index (χ1n) is 35.9. The van der Waals surface area contributed by atoms with Crippen LogP contribution in [0.3, 0.4) is 0 Å². The highest BCUT2D eigenvalue weighted by Crippen LogP contribution is 2.40. The molecule has 3 aliphatic heterocycles. The summed E-state index contributed by atoms with van der Waals surface area (Å²) in [7, 11) is -14.4. The number of hydrogen-bond acceptors (Lipinski definition) is 40. The first-order valence-corrected chi connectivity index (χ1v) is 40.3. The van der Waals surface area contributed by atoms with Gasteiger partial charge in [-0.25, -0.2) is 0 Å². The lowest BCUT2D eigenvalue weighted by Crippen LogP contribution is -2.64. The van der Waals surface area contributed by atoms with E-state index in [2.05, 4.69) is 36.7 Å². The maximum atomic E-state index is 12.6. The summed E-state index contributed by atoms with van der Waals surface area (Å²) in [5.41, 5.74) is -1.07. The topological polar surface area (TPSA) is 593 Å². The number of hydrogen-bond donors (Lipinski definition) is 12. The molecule has 0 aromatic heterocycles. The molecule has 0 saturated carbocycles. The quantitative estimate of drug-likeness (QED) is 0.0200. The Hall–Kier alpha value is -2.26. The van der Waals surface area contributed by atoms with E-state index in [-0.39, 0.29) is 190 Å². The van der Waals surface area contributed by atoms with Crippen molar-refractivity contribution in [3.05, 3.63) is 0 Å². The van der Waals surface area contributed by atoms with Crippen molar-refractivity contribution in [3.63, 3.8) is 0 Å². The molecule has 46 heteroatoms. The smallest absolute Gasteiger partial charge is 0.267 e. The van der Waals surface area contributed by atoms with Crippen LogP contribution in [0.25, 0.3) is 0 Å². The van der Waals surface area contributed by atoms with Gasteiger partial charge in [0.05, 0.1) is 190 Å². The van der Waals surface area contributed by atoms with E-state index in [1.54, 1.807) is 0 Å². The molecule has 644 valence electrons. The van der Waals surface area contributed by atoms with E-state index >= 15 is 0 Å². The van der Waals surface area contributed by atoms with Gasteiger partial charge in [-0.15, -0.1) is 0 Å². The van der Waals surface area contributed by atoms with Crippen molar-refractivity contribution < 1.29 is 192 Å². The normalized spacial score (nSPS) is 27.0. The van der Waals surface area contributed by atoms with E-state index in [4.69, 9.17) is 103 Å². The molecule has 12 N–H and O–H groups in total. The van der Waals surface area contributed by atoms with Crippen LogP contribution in [-0.2, 0) is 131 Å². The summed E-state index contributed by atoms with van der Waals surface area (Å²) in [6.45, 7) is 5.40. The first-order chi connectivity index (χ1) is 51.8. The van der Waals surface area contributed by atoms with Gasteiger partial charge in [0.15, 0.2) is 18.9 Å². The minimum atomic E-state index is -4.81. The summed E-state index contributed by atoms with van der Waals surface area (Å²) in [6, 6.07) is -3.37. The minimum absolute atomic E-state index is 0.000786. The average Bonchev–Trinajstić information content (AvgIpc) is 0.819. The van der Waals surface area contributed by atoms with Gasteiger partial charge in [-0.1, -0.05) is 20.8 Å². The SMILES string of the molecule is CC(=O)N[C@H]1[C@H](OCCOCCOCCOP(=O)([O-])OCCCOCC(COCCCOP(=O)([O-])OCCOCCOCCO[C@@H]2O[C@H](CO)[C@H](O)[C@H](O)[C@H]2NC(C)=O)(COCCCOP(=O)([O-])OCCOCCOCCO[C@@H]2O[C@H](CO)[C@H](O)[C@H](O)[C@H]2NC(C)=O)COCCCC(C)(C)C)O[C@H](CO)[C@H](O)[C@@H]1O. The molecule has 0 bridgehead atoms. The van der Waals surface area contributed by atoms with Crippen LogP contribution in [-0.4, -0.2) is 367 Å². The zero-order valence-electron chi connectivity index (χ0n) is 62.8. The molecule has 3 heterocycles. The highest BCUT2D eigenvalue weighted by Gasteiger charge is 2.48. The van der Waals surface area contributed by atoms with Gasteiger partial charge < -0.3 is 180 Å². The number of aliphatic hydroxyl groups excluding tert-OH is 9. The number of ether oxygens (including phenoxy) is 16. The van der Waals surface area contributed by atoms with Gasteiger partial charge in [0, 0.05) is 47.2 Å². The van der Waals surface area contributed by atoms with Crippen LogP contribution in [0.15, 0.2) is 0 Å². The van der Waals surface area contributed by atoms with E-state index in [1.165, 1.54) is 20.8 Å². The molecule has 3 aliphatic rings. The Balaban J connectivity index is 1.46. The lowest BCUT2D eigenvalue weighted by Gasteiger charge is -2.42. The van der Waals surface area contributed by atoms with Gasteiger partial charge in [-0.2, -0.15) is 0 Å². The zero-order chi connectivity index (χ0) is 80.7. The predicted octanol–water partition coefficient (Wildman–Crippen LogP) is -5.48. The Morgan fingerprint density at radius 3 is 0.807 bits per heavy atom. The Morgan fingerprint density at radius 2 is 0.569 bits per heavy atom. The Kier molecular flexibility index (Phi) is 52.0. The second-order valence-electron chi connectivity index (χ2n) is 26.4. The third-order valence-electron chi connectivity index (χ3n) is 15.7. The molecule has 3 unspecified atom stereocenters. The molecule has 109 heavy (non-hydrogen) atoms. The molecule has 43 nitrogen and oxygen atoms in total. The summed E-state index contributed by atoms with van der Waals surface area (Å²) >= 11 is 0. The van der Waals surface area contributed by atoms with Crippen molar-refractivity contribution in [1.82, 2.24) is 16.0 Å². The molecule has 3 amide bonds. The number of phosphoric ester groups is 3. The predicted molar refractivity (Wildman–Crippen MR) is 366 cm³/mol. The maximum Gasteiger partial charge on any atom is 0.267 e. The van der Waals surface area contributed by atoms with Gasteiger partial charge >= 0.3 is 0 Å². The lowest BCUT2D eigenvalue weighted by molar-refractivity contribution is -0.272. The molecule has 3 fully saturated rings. The molecular formula is C63H119N3O40P3-3. The van der Waals surface area contributed by atoms with Gasteiger partial charge in [-0.3, -0.25) is 28.1 Å². The van der Waals surface area contributed by atoms with Gasteiger partial charge in [0.25, 0.3) is 23.5 Å². The highest BCUT2D eigenvalue weighted by atomic mass is 31.2. The summed E-state index contributed by atoms with van der Waals surface area (Å²) in [6.07, 6.45) is -14.2. The molecule has 0 aliphatic carbocycles. The van der Waals surface area contributed by atoms with Crippen LogP contribution in [0.4, 0.5) is 0 Å². The number of carbonyl (C=O) groups is 3. The molecule has 0 aromatic carbocycles. The highest BCUT2D eigenvalue weighted by molar-refractivity contribution is 7.46. The van der Waals surface area contributed by atoms with Crippen LogP contribution < -0.4 is 30.6 Å². The third-order valence-corrected chi connectivity index (χ3v) is 18.7. The second-order valence-corrected chi connectivity index (χ2v) is 30.6. The number of amides is 3. The van der Waals surface area contributed by atoms with Gasteiger partial charge in [0.2, 0.25) is 17.7 Å². The fraction of sp³-hybridized carbons (Fsp3) is 0.952. The molecule has 3 saturated heterocycles. The molecule has 0 aromatic rings. The van der Waals surface area contributed by atoms with Gasteiger partial charge in [-0.05, 0) is 37.5 Å². The van der Waals surface area contributed by atoms with Crippen LogP contribution in [0.5, 0.6) is 0 Å². The summed E-state index contributed by atoms with van der Waals surface area (Å²) in [5, 5.41) is 97.7. The summed E-state index contributed by atoms with van der Waals surface area (Å²) in [4.78, 5) is 72.8. The zero-order valence-corrected chi connectivity index (χ0v) is 65.5. The number of carbonyl (C=O) groups excluding carboxylic acids is 3. The largest absolute Gasteiger partial charge is 0.756 e. The van der Waals surface area contributed by atoms with E-state index in [0.29, 0.717) is 13.0 Å². The number of phosphoric acid groups is 3. The van der Waals surface area contributed by atoms with Crippen LogP contribution in [0.2, 0.25) is 0 Å². The molecule has 0 radical (unpaired) electrons. The standard InChI is InChI=1S/C63H122N3O40P3/c1-44(70)64-50-56(76)53(73)47(37-67)104-59(50)95-31-25-85-19-22-88-28-34-101-107(79,80)98-16-8-13-92-41-63(40-91-12-7-11-62(4,5)6,42-93-14-9-17-99-108(81,82)102-35-29-89-23-20-86-26-32-96-60-51(65-45(2)71)57(77)54(74)48(38-68)105-60)43-94-15-10-18-100-109(83,84)103-36-30-90-24-21-87-27-33-97-61-52(66-46(3)72)58(78)55(75)49(39-69)106-61/h47-61,67-69,73-78H,7-43H2,1-6H3,(H,64,70)(H,65,71)(H,66,72)(H,79,80)(H,81,82)(H,83,84)/p-3/t47-,48-,49-,50-,51-,52-,53+,54+,55+,56-,57-,58-,59-,60-,61-/m1/s1. The number of aliphatic hydroxyl groups is 9. The second kappa shape index (κ2) is 56.1. The van der Waals surface area contributed by atoms with E-state index in [0.717, 1.165) is 6.42 Å². The molecular weight excluding hydrogens is 1530 g/mol. The Labute approximate surface area is 634 Å². The minimum Gasteiger partial charge on any atom is -0.756 e. The summed E-state index contributed by atoms with van der Waals surface area (Å²) < 4.78 is 158. The fourth-order valence-electron chi connectivity index (χ4n) is 10.3. The van der Waals surface area contributed by atoms with Crippen molar-refractivity contribution in [3.8, 4) is 0 Å².